The highest BCUT2D eigenvalue weighted by Gasteiger charge is 2.26. The van der Waals surface area contributed by atoms with Crippen molar-refractivity contribution in [2.45, 2.75) is 89.5 Å². The van der Waals surface area contributed by atoms with Crippen molar-refractivity contribution in [3.63, 3.8) is 0 Å². The number of guanidine groups is 1. The summed E-state index contributed by atoms with van der Waals surface area (Å²) >= 11 is 0. The van der Waals surface area contributed by atoms with Crippen molar-refractivity contribution in [3.8, 4) is 0 Å². The second kappa shape index (κ2) is 10.6. The molecule has 0 radical (unpaired) electrons. The van der Waals surface area contributed by atoms with Gasteiger partial charge >= 0.3 is 0 Å². The number of aliphatic imine (C=N–C) groups is 1. The van der Waals surface area contributed by atoms with Crippen molar-refractivity contribution < 1.29 is 4.21 Å². The van der Waals surface area contributed by atoms with E-state index in [9.17, 15) is 4.21 Å². The number of piperidine rings is 1. The first-order valence-corrected chi connectivity index (χ1v) is 11.9. The van der Waals surface area contributed by atoms with Crippen molar-refractivity contribution in [2.24, 2.45) is 4.99 Å². The first kappa shape index (κ1) is 21.7. The van der Waals surface area contributed by atoms with E-state index in [1.807, 2.05) is 20.8 Å². The van der Waals surface area contributed by atoms with Gasteiger partial charge in [-0.3, -0.25) is 9.20 Å². The van der Waals surface area contributed by atoms with E-state index in [2.05, 4.69) is 27.4 Å². The van der Waals surface area contributed by atoms with Gasteiger partial charge in [0.15, 0.2) is 5.96 Å². The highest BCUT2D eigenvalue weighted by molar-refractivity contribution is 7.86. The highest BCUT2D eigenvalue weighted by atomic mass is 32.2. The second-order valence-corrected chi connectivity index (χ2v) is 11.0. The molecule has 152 valence electrons. The molecule has 0 spiro atoms. The Labute approximate surface area is 163 Å². The van der Waals surface area contributed by atoms with Gasteiger partial charge in [-0.15, -0.1) is 0 Å². The van der Waals surface area contributed by atoms with E-state index in [1.54, 1.807) is 0 Å². The summed E-state index contributed by atoms with van der Waals surface area (Å²) in [5, 5.41) is 6.95. The minimum atomic E-state index is -0.841. The number of nitrogens with one attached hydrogen (secondary N) is 2. The standard InChI is InChI=1S/C20H40N4OS/c1-5-21-19(22-13-16-26(25)20(2,3)4)23-17-11-14-24(15-12-17)18-9-7-6-8-10-18/h17-18H,5-16H2,1-4H3,(H2,21,22,23). The Morgan fingerprint density at radius 1 is 1.12 bits per heavy atom. The van der Waals surface area contributed by atoms with Crippen LogP contribution in [0.15, 0.2) is 4.99 Å². The van der Waals surface area contributed by atoms with Gasteiger partial charge in [0.25, 0.3) is 0 Å². The van der Waals surface area contributed by atoms with Gasteiger partial charge in [-0.05, 0) is 53.4 Å². The normalized spacial score (nSPS) is 23.0. The number of hydrogen-bond acceptors (Lipinski definition) is 3. The lowest BCUT2D eigenvalue weighted by Gasteiger charge is -2.39. The summed E-state index contributed by atoms with van der Waals surface area (Å²) in [6.45, 7) is 12.0. The third kappa shape index (κ3) is 7.18. The Kier molecular flexibility index (Phi) is 8.88. The predicted molar refractivity (Wildman–Crippen MR) is 113 cm³/mol. The largest absolute Gasteiger partial charge is 0.357 e. The molecule has 1 aliphatic carbocycles. The lowest BCUT2D eigenvalue weighted by Crippen LogP contribution is -2.51. The molecule has 1 unspecified atom stereocenters. The van der Waals surface area contributed by atoms with Crippen LogP contribution in [0, 0.1) is 0 Å². The molecular formula is C20H40N4OS. The van der Waals surface area contributed by atoms with Crippen LogP contribution >= 0.6 is 0 Å². The van der Waals surface area contributed by atoms with Crippen molar-refractivity contribution in [3.05, 3.63) is 0 Å². The predicted octanol–water partition coefficient (Wildman–Crippen LogP) is 2.89. The van der Waals surface area contributed by atoms with E-state index in [0.29, 0.717) is 18.3 Å². The van der Waals surface area contributed by atoms with E-state index in [0.717, 1.165) is 18.5 Å². The Bertz CT molecular complexity index is 461. The van der Waals surface area contributed by atoms with Crippen LogP contribution in [0.1, 0.15) is 72.6 Å². The average molecular weight is 385 g/mol. The molecule has 2 fully saturated rings. The summed E-state index contributed by atoms with van der Waals surface area (Å²) in [4.78, 5) is 7.37. The third-order valence-electron chi connectivity index (χ3n) is 5.54. The smallest absolute Gasteiger partial charge is 0.191 e. The fourth-order valence-electron chi connectivity index (χ4n) is 3.92. The topological polar surface area (TPSA) is 56.7 Å². The van der Waals surface area contributed by atoms with Gasteiger partial charge in [0, 0.05) is 53.0 Å². The maximum Gasteiger partial charge on any atom is 0.191 e. The lowest BCUT2D eigenvalue weighted by molar-refractivity contribution is 0.119. The zero-order chi connectivity index (χ0) is 19.0. The van der Waals surface area contributed by atoms with Gasteiger partial charge in [0.05, 0.1) is 6.54 Å². The van der Waals surface area contributed by atoms with E-state index in [1.165, 1.54) is 58.0 Å². The molecule has 26 heavy (non-hydrogen) atoms. The summed E-state index contributed by atoms with van der Waals surface area (Å²) in [5.41, 5.74) is 0. The number of rotatable bonds is 6. The maximum atomic E-state index is 12.2. The van der Waals surface area contributed by atoms with E-state index in [4.69, 9.17) is 0 Å². The molecule has 1 aliphatic heterocycles. The zero-order valence-electron chi connectivity index (χ0n) is 17.4. The molecule has 0 amide bonds. The van der Waals surface area contributed by atoms with Crippen LogP contribution in [-0.4, -0.2) is 63.8 Å². The van der Waals surface area contributed by atoms with Gasteiger partial charge in [0.2, 0.25) is 0 Å². The third-order valence-corrected chi connectivity index (χ3v) is 7.45. The molecule has 1 saturated heterocycles. The average Bonchev–Trinajstić information content (AvgIpc) is 2.62. The number of hydrogen-bond donors (Lipinski definition) is 2. The van der Waals surface area contributed by atoms with Gasteiger partial charge < -0.3 is 15.5 Å². The summed E-state index contributed by atoms with van der Waals surface area (Å²) < 4.78 is 12.0. The number of nitrogens with zero attached hydrogens (tertiary/aromatic N) is 2. The molecule has 1 saturated carbocycles. The van der Waals surface area contributed by atoms with Crippen molar-refractivity contribution in [1.29, 1.82) is 0 Å². The van der Waals surface area contributed by atoms with Crippen molar-refractivity contribution >= 4 is 16.8 Å². The van der Waals surface area contributed by atoms with Crippen molar-refractivity contribution in [1.82, 2.24) is 15.5 Å². The molecule has 6 heteroatoms. The Morgan fingerprint density at radius 2 is 1.77 bits per heavy atom. The van der Waals surface area contributed by atoms with Crippen LogP contribution in [0.2, 0.25) is 0 Å². The second-order valence-electron chi connectivity index (χ2n) is 8.67. The molecule has 0 aromatic heterocycles. The molecule has 1 atom stereocenters. The summed E-state index contributed by atoms with van der Waals surface area (Å²) in [6, 6.07) is 1.33. The molecule has 2 N–H and O–H groups in total. The number of likely N-dealkylation sites (tertiary alicyclic amines) is 1. The van der Waals surface area contributed by atoms with Gasteiger partial charge in [-0.2, -0.15) is 0 Å². The molecule has 0 bridgehead atoms. The first-order chi connectivity index (χ1) is 12.4. The maximum absolute atomic E-state index is 12.2. The van der Waals surface area contributed by atoms with Crippen LogP contribution in [0.5, 0.6) is 0 Å². The van der Waals surface area contributed by atoms with E-state index in [-0.39, 0.29) is 4.75 Å². The SMILES string of the molecule is CCNC(=NCCS(=O)C(C)(C)C)NC1CCN(C2CCCCC2)CC1. The Balaban J connectivity index is 1.76. The Morgan fingerprint density at radius 3 is 2.35 bits per heavy atom. The summed E-state index contributed by atoms with van der Waals surface area (Å²) in [6.07, 6.45) is 9.42. The van der Waals surface area contributed by atoms with Gasteiger partial charge in [0.1, 0.15) is 0 Å². The lowest BCUT2D eigenvalue weighted by atomic mass is 9.92. The van der Waals surface area contributed by atoms with E-state index >= 15 is 0 Å². The fourth-order valence-corrected chi connectivity index (χ4v) is 4.78. The van der Waals surface area contributed by atoms with Crippen LogP contribution in [0.3, 0.4) is 0 Å². The summed E-state index contributed by atoms with van der Waals surface area (Å²) in [7, 11) is -0.841. The summed E-state index contributed by atoms with van der Waals surface area (Å²) in [5.74, 6) is 1.51. The Hall–Kier alpha value is -0.620. The quantitative estimate of drug-likeness (QED) is 0.546. The van der Waals surface area contributed by atoms with Gasteiger partial charge in [-0.25, -0.2) is 0 Å². The molecule has 1 heterocycles. The molecule has 5 nitrogen and oxygen atoms in total. The van der Waals surface area contributed by atoms with Crippen LogP contribution in [0.25, 0.3) is 0 Å². The van der Waals surface area contributed by atoms with Crippen LogP contribution < -0.4 is 10.6 Å². The molecule has 2 rings (SSSR count). The first-order valence-electron chi connectivity index (χ1n) is 10.6. The molecule has 2 aliphatic rings. The minimum absolute atomic E-state index is 0.159. The minimum Gasteiger partial charge on any atom is -0.357 e. The van der Waals surface area contributed by atoms with E-state index < -0.39 is 10.8 Å². The highest BCUT2D eigenvalue weighted by Crippen LogP contribution is 2.25. The zero-order valence-corrected chi connectivity index (χ0v) is 18.2. The fraction of sp³-hybridized carbons (Fsp3) is 0.950. The molecule has 0 aromatic carbocycles. The van der Waals surface area contributed by atoms with Crippen molar-refractivity contribution in [2.75, 3.05) is 31.9 Å². The molecule has 0 aromatic rings. The van der Waals surface area contributed by atoms with Gasteiger partial charge in [-0.1, -0.05) is 19.3 Å². The van der Waals surface area contributed by atoms with Crippen LogP contribution in [-0.2, 0) is 10.8 Å². The van der Waals surface area contributed by atoms with Crippen LogP contribution in [0.4, 0.5) is 0 Å². The molecular weight excluding hydrogens is 344 g/mol. The monoisotopic (exact) mass is 384 g/mol.